The van der Waals surface area contributed by atoms with Crippen molar-refractivity contribution < 1.29 is 12.6 Å². The lowest BCUT2D eigenvalue weighted by molar-refractivity contribution is 0.318. The fraction of sp³-hybridized carbons (Fsp3) is 0.364. The Morgan fingerprint density at radius 3 is 2.44 bits per heavy atom. The van der Waals surface area contributed by atoms with E-state index in [9.17, 15) is 8.42 Å². The summed E-state index contributed by atoms with van der Waals surface area (Å²) in [6.07, 6.45) is 0.648. The molecule has 0 radical (unpaired) electrons. The molecule has 0 fully saturated rings. The van der Waals surface area contributed by atoms with E-state index in [4.69, 9.17) is 10.8 Å². The first-order chi connectivity index (χ1) is 7.60. The van der Waals surface area contributed by atoms with Gasteiger partial charge in [0.2, 0.25) is 6.54 Å². The summed E-state index contributed by atoms with van der Waals surface area (Å²) in [5, 5.41) is 0. The molecule has 1 aromatic rings. The molecular formula is C11H13NO3S. The van der Waals surface area contributed by atoms with Gasteiger partial charge in [-0.1, -0.05) is 19.1 Å². The summed E-state index contributed by atoms with van der Waals surface area (Å²) in [5.74, 6) is 0. The van der Waals surface area contributed by atoms with Gasteiger partial charge in [0.1, 0.15) is 0 Å². The maximum atomic E-state index is 11.6. The molecule has 0 unspecified atom stereocenters. The van der Waals surface area contributed by atoms with Gasteiger partial charge in [-0.25, -0.2) is 6.57 Å². The fourth-order valence-electron chi connectivity index (χ4n) is 1.11. The van der Waals surface area contributed by atoms with Crippen molar-refractivity contribution in [3.05, 3.63) is 41.2 Å². The molecule has 0 N–H and O–H groups in total. The first-order valence-corrected chi connectivity index (χ1v) is 6.32. The number of hydrogen-bond acceptors (Lipinski definition) is 3. The molecule has 0 bridgehead atoms. The molecule has 1 aromatic carbocycles. The molecule has 0 saturated carbocycles. The van der Waals surface area contributed by atoms with E-state index in [2.05, 4.69) is 4.85 Å². The van der Waals surface area contributed by atoms with Crippen LogP contribution in [-0.2, 0) is 20.8 Å². The zero-order chi connectivity index (χ0) is 12.0. The predicted octanol–water partition coefficient (Wildman–Crippen LogP) is 2.22. The first-order valence-electron chi connectivity index (χ1n) is 4.91. The van der Waals surface area contributed by atoms with E-state index in [1.165, 1.54) is 12.1 Å². The van der Waals surface area contributed by atoms with Gasteiger partial charge < -0.3 is 4.85 Å². The molecule has 0 aliphatic rings. The monoisotopic (exact) mass is 239 g/mol. The highest BCUT2D eigenvalue weighted by Gasteiger charge is 2.14. The third-order valence-electron chi connectivity index (χ3n) is 1.92. The number of benzene rings is 1. The van der Waals surface area contributed by atoms with Crippen molar-refractivity contribution in [3.8, 4) is 0 Å². The molecule has 0 aliphatic heterocycles. The Hall–Kier alpha value is -1.38. The van der Waals surface area contributed by atoms with E-state index in [1.54, 1.807) is 12.1 Å². The third-order valence-corrected chi connectivity index (χ3v) is 3.24. The van der Waals surface area contributed by atoms with Crippen LogP contribution < -0.4 is 0 Å². The van der Waals surface area contributed by atoms with E-state index in [0.29, 0.717) is 6.42 Å². The van der Waals surface area contributed by atoms with Crippen LogP contribution in [0.2, 0.25) is 0 Å². The molecule has 0 aromatic heterocycles. The van der Waals surface area contributed by atoms with Crippen LogP contribution in [0.15, 0.2) is 29.2 Å². The Balaban J connectivity index is 2.85. The van der Waals surface area contributed by atoms with Gasteiger partial charge in [0.05, 0.1) is 11.5 Å². The van der Waals surface area contributed by atoms with Crippen LogP contribution in [0.1, 0.15) is 18.9 Å². The normalized spacial score (nSPS) is 11.0. The lowest BCUT2D eigenvalue weighted by atomic mass is 10.2. The average Bonchev–Trinajstić information content (AvgIpc) is 2.28. The lowest BCUT2D eigenvalue weighted by Gasteiger charge is -2.04. The highest BCUT2D eigenvalue weighted by Crippen LogP contribution is 2.14. The number of rotatable bonds is 5. The van der Waals surface area contributed by atoms with Crippen LogP contribution in [0.5, 0.6) is 0 Å². The van der Waals surface area contributed by atoms with Crippen LogP contribution in [0.4, 0.5) is 0 Å². The Labute approximate surface area is 95.8 Å². The molecule has 0 atom stereocenters. The molecular weight excluding hydrogens is 226 g/mol. The van der Waals surface area contributed by atoms with Crippen LogP contribution in [0.25, 0.3) is 4.85 Å². The summed E-state index contributed by atoms with van der Waals surface area (Å²) in [5.41, 5.74) is 0.796. The molecule has 0 saturated heterocycles. The van der Waals surface area contributed by atoms with Crippen LogP contribution in [0, 0.1) is 6.57 Å². The lowest BCUT2D eigenvalue weighted by Crippen LogP contribution is -2.07. The minimum atomic E-state index is -3.63. The molecule has 0 amide bonds. The summed E-state index contributed by atoms with van der Waals surface area (Å²) in [4.78, 5) is 3.35. The van der Waals surface area contributed by atoms with Gasteiger partial charge in [-0.05, 0) is 18.6 Å². The van der Waals surface area contributed by atoms with E-state index in [-0.39, 0.29) is 18.0 Å². The predicted molar refractivity (Wildman–Crippen MR) is 60.2 cm³/mol. The summed E-state index contributed by atoms with van der Waals surface area (Å²) in [6, 6.07) is 6.18. The van der Waals surface area contributed by atoms with Crippen LogP contribution in [0.3, 0.4) is 0 Å². The van der Waals surface area contributed by atoms with Crippen molar-refractivity contribution in [3.63, 3.8) is 0 Å². The SMILES string of the molecule is [C-]#[N+]Cc1ccc(S(=O)(=O)OCCC)cc1. The van der Waals surface area contributed by atoms with Crippen molar-refractivity contribution in [1.82, 2.24) is 0 Å². The molecule has 4 nitrogen and oxygen atoms in total. The molecule has 0 heterocycles. The van der Waals surface area contributed by atoms with Gasteiger partial charge in [-0.15, -0.1) is 0 Å². The van der Waals surface area contributed by atoms with Gasteiger partial charge in [0, 0.05) is 5.56 Å². The Morgan fingerprint density at radius 2 is 1.94 bits per heavy atom. The highest BCUT2D eigenvalue weighted by molar-refractivity contribution is 7.86. The Bertz CT molecular complexity index is 471. The summed E-state index contributed by atoms with van der Waals surface area (Å²) in [7, 11) is -3.63. The summed E-state index contributed by atoms with van der Waals surface area (Å²) < 4.78 is 27.9. The molecule has 16 heavy (non-hydrogen) atoms. The van der Waals surface area contributed by atoms with Gasteiger partial charge in [0.15, 0.2) is 0 Å². The van der Waals surface area contributed by atoms with Gasteiger partial charge >= 0.3 is 0 Å². The topological polar surface area (TPSA) is 47.7 Å². The van der Waals surface area contributed by atoms with Crippen molar-refractivity contribution in [2.45, 2.75) is 24.8 Å². The second-order valence-corrected chi connectivity index (χ2v) is 4.85. The molecule has 1 rings (SSSR count). The number of hydrogen-bond donors (Lipinski definition) is 0. The highest BCUT2D eigenvalue weighted by atomic mass is 32.2. The average molecular weight is 239 g/mol. The summed E-state index contributed by atoms with van der Waals surface area (Å²) >= 11 is 0. The fourth-order valence-corrected chi connectivity index (χ4v) is 2.11. The quantitative estimate of drug-likeness (QED) is 0.584. The second-order valence-electron chi connectivity index (χ2n) is 3.24. The second kappa shape index (κ2) is 5.64. The van der Waals surface area contributed by atoms with Crippen molar-refractivity contribution in [2.75, 3.05) is 6.61 Å². The largest absolute Gasteiger partial charge is 0.312 e. The van der Waals surface area contributed by atoms with Crippen LogP contribution in [-0.4, -0.2) is 15.0 Å². The van der Waals surface area contributed by atoms with E-state index >= 15 is 0 Å². The van der Waals surface area contributed by atoms with Gasteiger partial charge in [-0.2, -0.15) is 8.42 Å². The minimum absolute atomic E-state index is 0.134. The van der Waals surface area contributed by atoms with Gasteiger partial charge in [0.25, 0.3) is 10.1 Å². The zero-order valence-corrected chi connectivity index (χ0v) is 9.83. The molecule has 86 valence electrons. The maximum Gasteiger partial charge on any atom is 0.296 e. The van der Waals surface area contributed by atoms with Crippen molar-refractivity contribution in [1.29, 1.82) is 0 Å². The first kappa shape index (κ1) is 12.7. The zero-order valence-electron chi connectivity index (χ0n) is 9.01. The van der Waals surface area contributed by atoms with Crippen molar-refractivity contribution >= 4 is 10.1 Å². The van der Waals surface area contributed by atoms with E-state index < -0.39 is 10.1 Å². The molecule has 5 heteroatoms. The summed E-state index contributed by atoms with van der Waals surface area (Å²) in [6.45, 7) is 8.98. The Morgan fingerprint density at radius 1 is 1.31 bits per heavy atom. The van der Waals surface area contributed by atoms with Crippen LogP contribution >= 0.6 is 0 Å². The smallest absolute Gasteiger partial charge is 0.296 e. The Kier molecular flexibility index (Phi) is 4.47. The van der Waals surface area contributed by atoms with E-state index in [0.717, 1.165) is 5.56 Å². The van der Waals surface area contributed by atoms with E-state index in [1.807, 2.05) is 6.92 Å². The minimum Gasteiger partial charge on any atom is -0.312 e. The number of nitrogens with zero attached hydrogens (tertiary/aromatic N) is 1. The van der Waals surface area contributed by atoms with Crippen molar-refractivity contribution in [2.24, 2.45) is 0 Å². The third kappa shape index (κ3) is 3.33. The van der Waals surface area contributed by atoms with Gasteiger partial charge in [-0.3, -0.25) is 4.18 Å². The maximum absolute atomic E-state index is 11.6. The standard InChI is InChI=1S/C11H13NO3S/c1-3-8-15-16(13,14)11-6-4-10(5-7-11)9-12-2/h4-7H,3,8-9H2,1H3. The molecule has 0 spiro atoms. The molecule has 0 aliphatic carbocycles.